The molecule has 1 atom stereocenters. The van der Waals surface area contributed by atoms with Crippen molar-refractivity contribution < 1.29 is 28.6 Å². The second-order valence-electron chi connectivity index (χ2n) is 17.7. The topological polar surface area (TPSA) is 78.9 Å². The number of rotatable bonds is 48. The van der Waals surface area contributed by atoms with Gasteiger partial charge in [-0.25, -0.2) is 0 Å². The van der Waals surface area contributed by atoms with Crippen molar-refractivity contribution in [2.75, 3.05) is 13.2 Å². The van der Waals surface area contributed by atoms with Crippen LogP contribution in [0.3, 0.4) is 0 Å². The van der Waals surface area contributed by atoms with E-state index in [1.165, 1.54) is 109 Å². The Morgan fingerprint density at radius 3 is 1.03 bits per heavy atom. The van der Waals surface area contributed by atoms with Crippen LogP contribution >= 0.6 is 0 Å². The normalized spacial score (nSPS) is 12.8. The molecule has 0 aromatic carbocycles. The van der Waals surface area contributed by atoms with Crippen molar-refractivity contribution in [2.45, 2.75) is 252 Å². The van der Waals surface area contributed by atoms with Crippen LogP contribution in [-0.4, -0.2) is 37.2 Å². The third kappa shape index (κ3) is 51.3. The summed E-state index contributed by atoms with van der Waals surface area (Å²) in [6.07, 6.45) is 71.1. The van der Waals surface area contributed by atoms with Gasteiger partial charge in [-0.2, -0.15) is 0 Å². The molecule has 0 saturated heterocycles. The molecule has 1 unspecified atom stereocenters. The lowest BCUT2D eigenvalue weighted by Gasteiger charge is -2.18. The summed E-state index contributed by atoms with van der Waals surface area (Å²) in [6, 6.07) is 0. The summed E-state index contributed by atoms with van der Waals surface area (Å²) in [5, 5.41) is 0. The highest BCUT2D eigenvalue weighted by molar-refractivity contribution is 5.71. The Bertz CT molecular complexity index is 1330. The molecule has 66 heavy (non-hydrogen) atoms. The van der Waals surface area contributed by atoms with E-state index in [-0.39, 0.29) is 44.0 Å². The fourth-order valence-corrected chi connectivity index (χ4v) is 7.21. The van der Waals surface area contributed by atoms with Crippen molar-refractivity contribution in [3.8, 4) is 0 Å². The highest BCUT2D eigenvalue weighted by Gasteiger charge is 2.19. The number of hydrogen-bond donors (Lipinski definition) is 0. The smallest absolute Gasteiger partial charge is 0.306 e. The van der Waals surface area contributed by atoms with Crippen LogP contribution in [0.5, 0.6) is 0 Å². The first-order chi connectivity index (χ1) is 32.5. The fourth-order valence-electron chi connectivity index (χ4n) is 7.21. The van der Waals surface area contributed by atoms with Crippen LogP contribution in [0.4, 0.5) is 0 Å². The van der Waals surface area contributed by atoms with Gasteiger partial charge < -0.3 is 14.2 Å². The van der Waals surface area contributed by atoms with E-state index >= 15 is 0 Å². The van der Waals surface area contributed by atoms with Gasteiger partial charge in [-0.05, 0) is 116 Å². The van der Waals surface area contributed by atoms with Crippen LogP contribution in [0.1, 0.15) is 245 Å². The van der Waals surface area contributed by atoms with Gasteiger partial charge in [0.25, 0.3) is 0 Å². The molecule has 376 valence electrons. The molecule has 0 fully saturated rings. The average Bonchev–Trinajstić information content (AvgIpc) is 3.31. The van der Waals surface area contributed by atoms with Gasteiger partial charge in [-0.15, -0.1) is 0 Å². The lowest BCUT2D eigenvalue weighted by molar-refractivity contribution is -0.167. The second kappa shape index (κ2) is 53.9. The monoisotopic (exact) mass is 917 g/mol. The maximum absolute atomic E-state index is 12.8. The van der Waals surface area contributed by atoms with Crippen molar-refractivity contribution in [2.24, 2.45) is 0 Å². The van der Waals surface area contributed by atoms with Gasteiger partial charge in [0.2, 0.25) is 0 Å². The van der Waals surface area contributed by atoms with Gasteiger partial charge >= 0.3 is 17.9 Å². The molecule has 0 aliphatic heterocycles. The Morgan fingerprint density at radius 2 is 0.606 bits per heavy atom. The van der Waals surface area contributed by atoms with Crippen LogP contribution in [-0.2, 0) is 28.6 Å². The standard InChI is InChI=1S/C60H100O6/c1-4-7-10-13-16-19-22-25-28-30-33-35-38-41-44-47-50-53-59(62)65-56-57(55-64-58(61)52-49-46-43-40-37-34-31-27-24-21-18-15-12-9-6-3)66-60(63)54-51-48-45-42-39-36-32-29-26-23-20-17-14-11-8-5-2/h8,11,17,20-21,24-26,28-29,33,35-36,39,41,44,57H,4-7,9-10,12-16,18-19,22-23,27,30-32,34,37-38,40,42-43,45-56H2,1-3H3/b11-8-,20-17-,24-21-,28-25-,29-26-,35-33-,39-36-,44-41-. The maximum Gasteiger partial charge on any atom is 0.306 e. The highest BCUT2D eigenvalue weighted by Crippen LogP contribution is 2.13. The van der Waals surface area contributed by atoms with Crippen LogP contribution in [0.15, 0.2) is 97.2 Å². The zero-order valence-corrected chi connectivity index (χ0v) is 42.9. The number of carbonyl (C=O) groups is 3. The second-order valence-corrected chi connectivity index (χ2v) is 17.7. The molecule has 0 N–H and O–H groups in total. The summed E-state index contributed by atoms with van der Waals surface area (Å²) < 4.78 is 16.8. The summed E-state index contributed by atoms with van der Waals surface area (Å²) >= 11 is 0. The minimum atomic E-state index is -0.817. The number of ether oxygens (including phenoxy) is 3. The molecule has 0 aliphatic carbocycles. The van der Waals surface area contributed by atoms with Crippen LogP contribution < -0.4 is 0 Å². The van der Waals surface area contributed by atoms with E-state index in [4.69, 9.17) is 14.2 Å². The van der Waals surface area contributed by atoms with Crippen molar-refractivity contribution in [3.63, 3.8) is 0 Å². The van der Waals surface area contributed by atoms with Crippen molar-refractivity contribution in [1.29, 1.82) is 0 Å². The third-order valence-corrected chi connectivity index (χ3v) is 11.3. The van der Waals surface area contributed by atoms with Gasteiger partial charge in [-0.3, -0.25) is 14.4 Å². The SMILES string of the molecule is CC/C=C\C/C=C\C/C=C\C/C=C\CCCCCC(=O)OC(COC(=O)CCC/C=C\C/C=C\C/C=C\CCCCCCCC)COC(=O)CCCCCCCCC/C=C\CCCCCC. The number of esters is 3. The quantitative estimate of drug-likeness (QED) is 0.0262. The summed E-state index contributed by atoms with van der Waals surface area (Å²) in [5.41, 5.74) is 0. The van der Waals surface area contributed by atoms with E-state index < -0.39 is 6.10 Å². The van der Waals surface area contributed by atoms with Gasteiger partial charge in [0.15, 0.2) is 6.10 Å². The van der Waals surface area contributed by atoms with E-state index in [2.05, 4.69) is 118 Å². The molecule has 0 aliphatic rings. The van der Waals surface area contributed by atoms with E-state index in [0.29, 0.717) is 19.3 Å². The largest absolute Gasteiger partial charge is 0.462 e. The molecule has 0 radical (unpaired) electrons. The summed E-state index contributed by atoms with van der Waals surface area (Å²) in [5.74, 6) is -1.00. The van der Waals surface area contributed by atoms with Gasteiger partial charge in [-0.1, -0.05) is 208 Å². The molecular weight excluding hydrogens is 817 g/mol. The zero-order valence-electron chi connectivity index (χ0n) is 42.9. The van der Waals surface area contributed by atoms with E-state index in [0.717, 1.165) is 83.5 Å². The highest BCUT2D eigenvalue weighted by atomic mass is 16.6. The van der Waals surface area contributed by atoms with Crippen molar-refractivity contribution >= 4 is 17.9 Å². The Kier molecular flexibility index (Phi) is 50.9. The Morgan fingerprint density at radius 1 is 0.318 bits per heavy atom. The molecule has 0 saturated carbocycles. The predicted octanol–water partition coefficient (Wildman–Crippen LogP) is 18.1. The van der Waals surface area contributed by atoms with E-state index in [1.807, 2.05) is 0 Å². The number of unbranched alkanes of at least 4 members (excludes halogenated alkanes) is 21. The number of allylic oxidation sites excluding steroid dienone is 16. The number of carbonyl (C=O) groups excluding carboxylic acids is 3. The minimum Gasteiger partial charge on any atom is -0.462 e. The van der Waals surface area contributed by atoms with Crippen LogP contribution in [0.25, 0.3) is 0 Å². The van der Waals surface area contributed by atoms with Gasteiger partial charge in [0, 0.05) is 19.3 Å². The molecule has 0 heterocycles. The third-order valence-electron chi connectivity index (χ3n) is 11.3. The molecule has 0 bridgehead atoms. The summed E-state index contributed by atoms with van der Waals surface area (Å²) in [7, 11) is 0. The average molecular weight is 917 g/mol. The molecule has 0 rings (SSSR count). The van der Waals surface area contributed by atoms with Crippen molar-refractivity contribution in [3.05, 3.63) is 97.2 Å². The molecule has 0 amide bonds. The first-order valence-electron chi connectivity index (χ1n) is 27.2. The first kappa shape index (κ1) is 62.3. The molecule has 6 heteroatoms. The predicted molar refractivity (Wildman–Crippen MR) is 284 cm³/mol. The lowest BCUT2D eigenvalue weighted by Crippen LogP contribution is -2.30. The van der Waals surface area contributed by atoms with Crippen LogP contribution in [0.2, 0.25) is 0 Å². The molecule has 0 aromatic rings. The Hall–Kier alpha value is -3.67. The molecule has 0 aromatic heterocycles. The maximum atomic E-state index is 12.8. The molecule has 6 nitrogen and oxygen atoms in total. The minimum absolute atomic E-state index is 0.109. The zero-order chi connectivity index (χ0) is 47.9. The first-order valence-corrected chi connectivity index (χ1v) is 27.2. The molecular formula is C60H100O6. The van der Waals surface area contributed by atoms with Crippen molar-refractivity contribution in [1.82, 2.24) is 0 Å². The van der Waals surface area contributed by atoms with Gasteiger partial charge in [0.1, 0.15) is 13.2 Å². The van der Waals surface area contributed by atoms with Gasteiger partial charge in [0.05, 0.1) is 0 Å². The lowest BCUT2D eigenvalue weighted by atomic mass is 10.1. The van der Waals surface area contributed by atoms with Crippen LogP contribution in [0, 0.1) is 0 Å². The van der Waals surface area contributed by atoms with E-state index in [1.54, 1.807) is 0 Å². The van der Waals surface area contributed by atoms with E-state index in [9.17, 15) is 14.4 Å². The summed E-state index contributed by atoms with van der Waals surface area (Å²) in [4.78, 5) is 38.0. The number of hydrogen-bond acceptors (Lipinski definition) is 6. The Balaban J connectivity index is 4.53. The Labute approximate surface area is 407 Å². The fraction of sp³-hybridized carbons (Fsp3) is 0.683. The summed E-state index contributed by atoms with van der Waals surface area (Å²) in [6.45, 7) is 6.43. The molecule has 0 spiro atoms.